The van der Waals surface area contributed by atoms with Crippen molar-refractivity contribution in [2.45, 2.75) is 26.3 Å². The van der Waals surface area contributed by atoms with Crippen LogP contribution in [0.1, 0.15) is 35.0 Å². The highest BCUT2D eigenvalue weighted by Gasteiger charge is 2.46. The molecule has 1 atom stereocenters. The summed E-state index contributed by atoms with van der Waals surface area (Å²) in [6.45, 7) is 4.58. The van der Waals surface area contributed by atoms with E-state index in [4.69, 9.17) is 0 Å². The second kappa shape index (κ2) is 9.30. The van der Waals surface area contributed by atoms with Crippen molar-refractivity contribution in [1.29, 1.82) is 0 Å². The number of aliphatic hydroxyl groups excluding tert-OH is 1. The molecule has 10 nitrogen and oxygen atoms in total. The lowest BCUT2D eigenvalue weighted by Crippen LogP contribution is -2.32. The number of nitrogens with zero attached hydrogens (tertiary/aromatic N) is 5. The van der Waals surface area contributed by atoms with Crippen molar-refractivity contribution in [3.63, 3.8) is 0 Å². The van der Waals surface area contributed by atoms with Crippen LogP contribution < -0.4 is 0 Å². The van der Waals surface area contributed by atoms with E-state index in [1.807, 2.05) is 38.1 Å². The summed E-state index contributed by atoms with van der Waals surface area (Å²) in [6.07, 6.45) is 2.39. The van der Waals surface area contributed by atoms with Crippen LogP contribution >= 0.6 is 0 Å². The van der Waals surface area contributed by atoms with Crippen molar-refractivity contribution in [3.8, 4) is 0 Å². The molecule has 1 unspecified atom stereocenters. The molecule has 1 aliphatic rings. The van der Waals surface area contributed by atoms with Gasteiger partial charge in [-0.1, -0.05) is 18.2 Å². The van der Waals surface area contributed by atoms with Crippen molar-refractivity contribution in [2.75, 3.05) is 27.2 Å². The van der Waals surface area contributed by atoms with Gasteiger partial charge in [-0.15, -0.1) is 0 Å². The lowest BCUT2D eigenvalue weighted by atomic mass is 9.96. The summed E-state index contributed by atoms with van der Waals surface area (Å²) in [5.74, 6) is -1.98. The van der Waals surface area contributed by atoms with Crippen LogP contribution in [0.5, 0.6) is 0 Å². The van der Waals surface area contributed by atoms with Crippen molar-refractivity contribution in [3.05, 3.63) is 80.8 Å². The maximum absolute atomic E-state index is 13.2. The van der Waals surface area contributed by atoms with Gasteiger partial charge in [0.05, 0.1) is 22.2 Å². The molecule has 3 aromatic rings. The second-order valence-electron chi connectivity index (χ2n) is 8.93. The van der Waals surface area contributed by atoms with Crippen LogP contribution in [0, 0.1) is 24.0 Å². The quantitative estimate of drug-likeness (QED) is 0.182. The third-order valence-corrected chi connectivity index (χ3v) is 6.25. The molecule has 1 saturated heterocycles. The van der Waals surface area contributed by atoms with Crippen molar-refractivity contribution in [2.24, 2.45) is 0 Å². The SMILES string of the molecule is Cc1cccn2c(C)c(C(O)=C3C(=O)C(=O)N(CCCN(C)C)C3c3cccc([N+](=O)[O-])c3)nc12. The molecule has 0 spiro atoms. The molecule has 0 aliphatic carbocycles. The highest BCUT2D eigenvalue weighted by atomic mass is 16.6. The Kier molecular flexibility index (Phi) is 6.40. The first-order valence-corrected chi connectivity index (χ1v) is 11.2. The number of non-ortho nitro benzene ring substituents is 1. The number of hydrogen-bond acceptors (Lipinski definition) is 7. The zero-order valence-corrected chi connectivity index (χ0v) is 20.1. The number of imidazole rings is 1. The van der Waals surface area contributed by atoms with E-state index in [0.717, 1.165) is 5.56 Å². The Labute approximate surface area is 202 Å². The third kappa shape index (κ3) is 4.28. The number of pyridine rings is 1. The van der Waals surface area contributed by atoms with Gasteiger partial charge in [0.15, 0.2) is 5.76 Å². The van der Waals surface area contributed by atoms with Crippen molar-refractivity contribution < 1.29 is 19.6 Å². The minimum absolute atomic E-state index is 0.121. The van der Waals surface area contributed by atoms with E-state index >= 15 is 0 Å². The molecule has 1 amide bonds. The summed E-state index contributed by atoms with van der Waals surface area (Å²) in [7, 11) is 3.81. The van der Waals surface area contributed by atoms with Crippen LogP contribution in [0.25, 0.3) is 11.4 Å². The van der Waals surface area contributed by atoms with E-state index in [1.54, 1.807) is 23.6 Å². The lowest BCUT2D eigenvalue weighted by molar-refractivity contribution is -0.384. The predicted octanol–water partition coefficient (Wildman–Crippen LogP) is 3.23. The van der Waals surface area contributed by atoms with E-state index in [1.165, 1.54) is 23.1 Å². The number of aliphatic hydroxyl groups is 1. The zero-order valence-electron chi connectivity index (χ0n) is 20.1. The number of nitro benzene ring substituents is 1. The number of fused-ring (bicyclic) bond motifs is 1. The van der Waals surface area contributed by atoms with Gasteiger partial charge in [-0.3, -0.25) is 19.7 Å². The summed E-state index contributed by atoms with van der Waals surface area (Å²) in [5, 5.41) is 22.8. The number of hydrogen-bond donors (Lipinski definition) is 1. The molecule has 3 heterocycles. The van der Waals surface area contributed by atoms with Crippen LogP contribution in [0.2, 0.25) is 0 Å². The van der Waals surface area contributed by atoms with E-state index in [-0.39, 0.29) is 23.5 Å². The smallest absolute Gasteiger partial charge is 0.295 e. The number of aromatic nitrogens is 2. The Morgan fingerprint density at radius 1 is 1.20 bits per heavy atom. The van der Waals surface area contributed by atoms with Gasteiger partial charge in [0.25, 0.3) is 17.4 Å². The largest absolute Gasteiger partial charge is 0.505 e. The van der Waals surface area contributed by atoms with Gasteiger partial charge in [0.2, 0.25) is 0 Å². The summed E-state index contributed by atoms with van der Waals surface area (Å²) >= 11 is 0. The average Bonchev–Trinajstić information content (AvgIpc) is 3.29. The van der Waals surface area contributed by atoms with E-state index < -0.39 is 28.4 Å². The Morgan fingerprint density at radius 3 is 2.60 bits per heavy atom. The average molecular weight is 478 g/mol. The molecule has 0 radical (unpaired) electrons. The zero-order chi connectivity index (χ0) is 25.4. The third-order valence-electron chi connectivity index (χ3n) is 6.25. The summed E-state index contributed by atoms with van der Waals surface area (Å²) < 4.78 is 1.81. The molecule has 0 saturated carbocycles. The topological polar surface area (TPSA) is 121 Å². The Morgan fingerprint density at radius 2 is 1.94 bits per heavy atom. The fourth-order valence-electron chi connectivity index (χ4n) is 4.50. The molecule has 35 heavy (non-hydrogen) atoms. The molecule has 2 aromatic heterocycles. The fraction of sp³-hybridized carbons (Fsp3) is 0.320. The van der Waals surface area contributed by atoms with Gasteiger partial charge < -0.3 is 19.3 Å². The van der Waals surface area contributed by atoms with Gasteiger partial charge in [-0.25, -0.2) is 4.98 Å². The van der Waals surface area contributed by atoms with Crippen LogP contribution in [0.15, 0.2) is 48.2 Å². The number of benzene rings is 1. The highest BCUT2D eigenvalue weighted by molar-refractivity contribution is 6.46. The first kappa shape index (κ1) is 24.1. The Hall–Kier alpha value is -4.05. The molecular weight excluding hydrogens is 450 g/mol. The molecular formula is C25H27N5O5. The van der Waals surface area contributed by atoms with Crippen LogP contribution in [0.3, 0.4) is 0 Å². The number of carbonyl (C=O) groups excluding carboxylic acids is 2. The minimum atomic E-state index is -0.970. The maximum Gasteiger partial charge on any atom is 0.295 e. The number of carbonyl (C=O) groups is 2. The number of amides is 1. The van der Waals surface area contributed by atoms with Crippen molar-refractivity contribution >= 4 is 28.8 Å². The van der Waals surface area contributed by atoms with Crippen LogP contribution in [-0.2, 0) is 9.59 Å². The predicted molar refractivity (Wildman–Crippen MR) is 130 cm³/mol. The second-order valence-corrected chi connectivity index (χ2v) is 8.93. The minimum Gasteiger partial charge on any atom is -0.505 e. The fourth-order valence-corrected chi connectivity index (χ4v) is 4.50. The summed E-state index contributed by atoms with van der Waals surface area (Å²) in [4.78, 5) is 45.1. The molecule has 1 aromatic carbocycles. The first-order chi connectivity index (χ1) is 16.6. The number of aryl methyl sites for hydroxylation is 2. The number of Topliss-reactive ketones (excluding diaryl/α,β-unsaturated/α-hetero) is 1. The number of nitro groups is 1. The number of rotatable bonds is 7. The number of ketones is 1. The summed E-state index contributed by atoms with van der Waals surface area (Å²) in [6, 6.07) is 8.58. The molecule has 182 valence electrons. The van der Waals surface area contributed by atoms with Gasteiger partial charge in [0, 0.05) is 24.9 Å². The van der Waals surface area contributed by atoms with E-state index in [2.05, 4.69) is 4.98 Å². The van der Waals surface area contributed by atoms with Gasteiger partial charge in [0.1, 0.15) is 11.3 Å². The molecule has 0 bridgehead atoms. The molecule has 1 aliphatic heterocycles. The van der Waals surface area contributed by atoms with Crippen molar-refractivity contribution in [1.82, 2.24) is 19.2 Å². The Bertz CT molecular complexity index is 1370. The van der Waals surface area contributed by atoms with Gasteiger partial charge in [-0.2, -0.15) is 0 Å². The van der Waals surface area contributed by atoms with Gasteiger partial charge >= 0.3 is 0 Å². The summed E-state index contributed by atoms with van der Waals surface area (Å²) in [5.41, 5.74) is 2.40. The van der Waals surface area contributed by atoms with Gasteiger partial charge in [-0.05, 0) is 58.1 Å². The molecule has 10 heteroatoms. The monoisotopic (exact) mass is 477 g/mol. The highest BCUT2D eigenvalue weighted by Crippen LogP contribution is 2.40. The van der Waals surface area contributed by atoms with Crippen LogP contribution in [-0.4, -0.2) is 68.1 Å². The van der Waals surface area contributed by atoms with E-state index in [9.17, 15) is 24.8 Å². The molecule has 4 rings (SSSR count). The Balaban J connectivity index is 1.90. The molecule has 1 N–H and O–H groups in total. The molecule has 1 fully saturated rings. The maximum atomic E-state index is 13.2. The lowest BCUT2D eigenvalue weighted by Gasteiger charge is -2.25. The normalized spacial score (nSPS) is 17.6. The standard InChI is InChI=1S/C25H27N5O5/c1-15-8-6-12-28-16(2)20(26-24(15)28)22(31)19-21(17-9-5-10-18(14-17)30(34)35)29(25(33)23(19)32)13-7-11-27(3)4/h5-6,8-10,12,14,21,31H,7,11,13H2,1-4H3. The van der Waals surface area contributed by atoms with Crippen LogP contribution in [0.4, 0.5) is 5.69 Å². The first-order valence-electron chi connectivity index (χ1n) is 11.2. The number of likely N-dealkylation sites (tertiary alicyclic amines) is 1. The van der Waals surface area contributed by atoms with E-state index in [0.29, 0.717) is 29.9 Å².